The van der Waals surface area contributed by atoms with Gasteiger partial charge in [-0.1, -0.05) is 18.6 Å². The van der Waals surface area contributed by atoms with Crippen LogP contribution in [-0.2, 0) is 6.54 Å². The molecule has 1 heterocycles. The zero-order valence-electron chi connectivity index (χ0n) is 15.4. The molecule has 6 heteroatoms. The van der Waals surface area contributed by atoms with Crippen LogP contribution in [0.4, 0.5) is 0 Å². The van der Waals surface area contributed by atoms with Gasteiger partial charge in [-0.2, -0.15) is 0 Å². The van der Waals surface area contributed by atoms with Crippen LogP contribution in [0.3, 0.4) is 0 Å². The van der Waals surface area contributed by atoms with E-state index in [1.807, 2.05) is 12.1 Å². The molecular formula is C19H31N5O. The zero-order valence-corrected chi connectivity index (χ0v) is 15.4. The van der Waals surface area contributed by atoms with Gasteiger partial charge < -0.3 is 21.3 Å². The Morgan fingerprint density at radius 3 is 2.68 bits per heavy atom. The number of nitrogens with two attached hydrogens (primary N) is 1. The summed E-state index contributed by atoms with van der Waals surface area (Å²) in [5.74, 6) is 0.394. The molecule has 1 aromatic carbocycles. The van der Waals surface area contributed by atoms with Crippen LogP contribution in [0.15, 0.2) is 29.3 Å². The van der Waals surface area contributed by atoms with Crippen LogP contribution in [0.2, 0.25) is 0 Å². The SMILES string of the molecule is CN=C(NCCCN1CCCCC1C)NCc1ccc(C(N)=O)cc1. The summed E-state index contributed by atoms with van der Waals surface area (Å²) < 4.78 is 0. The number of carbonyl (C=O) groups is 1. The summed E-state index contributed by atoms with van der Waals surface area (Å²) in [4.78, 5) is 17.9. The molecule has 25 heavy (non-hydrogen) atoms. The molecule has 1 fully saturated rings. The monoisotopic (exact) mass is 345 g/mol. The predicted molar refractivity (Wildman–Crippen MR) is 103 cm³/mol. The lowest BCUT2D eigenvalue weighted by Crippen LogP contribution is -2.41. The first-order chi connectivity index (χ1) is 12.1. The van der Waals surface area contributed by atoms with E-state index in [9.17, 15) is 4.79 Å². The number of hydrogen-bond acceptors (Lipinski definition) is 3. The molecule has 1 aromatic rings. The molecule has 0 aromatic heterocycles. The molecule has 1 aliphatic rings. The molecule has 0 bridgehead atoms. The summed E-state index contributed by atoms with van der Waals surface area (Å²) >= 11 is 0. The van der Waals surface area contributed by atoms with Crippen molar-refractivity contribution in [3.8, 4) is 0 Å². The fraction of sp³-hybridized carbons (Fsp3) is 0.579. The fourth-order valence-corrected chi connectivity index (χ4v) is 3.17. The number of likely N-dealkylation sites (tertiary alicyclic amines) is 1. The molecule has 0 spiro atoms. The number of benzene rings is 1. The first-order valence-corrected chi connectivity index (χ1v) is 9.17. The second kappa shape index (κ2) is 10.0. The summed E-state index contributed by atoms with van der Waals surface area (Å²) in [6.07, 6.45) is 5.13. The van der Waals surface area contributed by atoms with Crippen molar-refractivity contribution in [2.45, 2.75) is 45.2 Å². The van der Waals surface area contributed by atoms with Crippen LogP contribution in [-0.4, -0.2) is 49.5 Å². The Morgan fingerprint density at radius 1 is 1.28 bits per heavy atom. The molecule has 1 unspecified atom stereocenters. The van der Waals surface area contributed by atoms with E-state index in [0.29, 0.717) is 12.1 Å². The van der Waals surface area contributed by atoms with E-state index >= 15 is 0 Å². The molecule has 1 amide bonds. The molecular weight excluding hydrogens is 314 g/mol. The summed E-state index contributed by atoms with van der Waals surface area (Å²) in [6.45, 7) is 6.26. The first-order valence-electron chi connectivity index (χ1n) is 9.17. The molecule has 2 rings (SSSR count). The topological polar surface area (TPSA) is 82.8 Å². The van der Waals surface area contributed by atoms with E-state index in [4.69, 9.17) is 5.73 Å². The number of piperidine rings is 1. The maximum atomic E-state index is 11.1. The van der Waals surface area contributed by atoms with Gasteiger partial charge in [-0.3, -0.25) is 9.79 Å². The lowest BCUT2D eigenvalue weighted by atomic mass is 10.0. The van der Waals surface area contributed by atoms with Crippen molar-refractivity contribution in [1.29, 1.82) is 0 Å². The van der Waals surface area contributed by atoms with Gasteiger partial charge in [0.15, 0.2) is 5.96 Å². The van der Waals surface area contributed by atoms with Crippen LogP contribution in [0.5, 0.6) is 0 Å². The van der Waals surface area contributed by atoms with E-state index in [1.165, 1.54) is 25.8 Å². The Hall–Kier alpha value is -2.08. The quantitative estimate of drug-likeness (QED) is 0.399. The third-order valence-electron chi connectivity index (χ3n) is 4.78. The Morgan fingerprint density at radius 2 is 2.04 bits per heavy atom. The highest BCUT2D eigenvalue weighted by molar-refractivity contribution is 5.92. The average Bonchev–Trinajstić information content (AvgIpc) is 2.63. The standard InChI is InChI=1S/C19H31N5O/c1-15-6-3-4-12-24(15)13-5-11-22-19(21-2)23-14-16-7-9-17(10-8-16)18(20)25/h7-10,15H,3-6,11-14H2,1-2H3,(H2,20,25)(H2,21,22,23). The Labute approximate surface area is 150 Å². The number of aliphatic imine (C=N–C) groups is 1. The van der Waals surface area contributed by atoms with Gasteiger partial charge in [-0.15, -0.1) is 0 Å². The highest BCUT2D eigenvalue weighted by Crippen LogP contribution is 2.16. The Balaban J connectivity index is 1.67. The number of carbonyl (C=O) groups excluding carboxylic acids is 1. The van der Waals surface area contributed by atoms with Gasteiger partial charge in [-0.05, 0) is 50.4 Å². The maximum Gasteiger partial charge on any atom is 0.248 e. The smallest absolute Gasteiger partial charge is 0.248 e. The van der Waals surface area contributed by atoms with Gasteiger partial charge in [0, 0.05) is 38.3 Å². The number of primary amides is 1. The number of nitrogens with zero attached hydrogens (tertiary/aromatic N) is 2. The number of hydrogen-bond donors (Lipinski definition) is 3. The van der Waals surface area contributed by atoms with Crippen LogP contribution < -0.4 is 16.4 Å². The third-order valence-corrected chi connectivity index (χ3v) is 4.78. The number of guanidine groups is 1. The molecule has 138 valence electrons. The number of amides is 1. The van der Waals surface area contributed by atoms with E-state index in [-0.39, 0.29) is 0 Å². The van der Waals surface area contributed by atoms with Crippen LogP contribution in [0, 0.1) is 0 Å². The highest BCUT2D eigenvalue weighted by atomic mass is 16.1. The first kappa shape index (κ1) is 19.2. The van der Waals surface area contributed by atoms with Crippen molar-refractivity contribution in [2.75, 3.05) is 26.7 Å². The fourth-order valence-electron chi connectivity index (χ4n) is 3.17. The van der Waals surface area contributed by atoms with Crippen LogP contribution in [0.25, 0.3) is 0 Å². The Bertz CT molecular complexity index is 570. The van der Waals surface area contributed by atoms with Gasteiger partial charge in [0.2, 0.25) is 5.91 Å². The third kappa shape index (κ3) is 6.38. The van der Waals surface area contributed by atoms with Crippen molar-refractivity contribution in [1.82, 2.24) is 15.5 Å². The van der Waals surface area contributed by atoms with Crippen molar-refractivity contribution in [3.63, 3.8) is 0 Å². The minimum atomic E-state index is -0.403. The predicted octanol–water partition coefficient (Wildman–Crippen LogP) is 1.72. The molecule has 1 saturated heterocycles. The van der Waals surface area contributed by atoms with Gasteiger partial charge >= 0.3 is 0 Å². The molecule has 1 atom stereocenters. The van der Waals surface area contributed by atoms with Gasteiger partial charge in [0.05, 0.1) is 0 Å². The van der Waals surface area contributed by atoms with Gasteiger partial charge in [0.25, 0.3) is 0 Å². The molecule has 0 saturated carbocycles. The van der Waals surface area contributed by atoms with Crippen molar-refractivity contribution < 1.29 is 4.79 Å². The van der Waals surface area contributed by atoms with E-state index in [1.54, 1.807) is 19.2 Å². The van der Waals surface area contributed by atoms with Crippen LogP contribution >= 0.6 is 0 Å². The molecule has 1 aliphatic heterocycles. The highest BCUT2D eigenvalue weighted by Gasteiger charge is 2.17. The van der Waals surface area contributed by atoms with Gasteiger partial charge in [-0.25, -0.2) is 0 Å². The van der Waals surface area contributed by atoms with Crippen molar-refractivity contribution >= 4 is 11.9 Å². The van der Waals surface area contributed by atoms with E-state index in [2.05, 4.69) is 27.4 Å². The lowest BCUT2D eigenvalue weighted by molar-refractivity contribution is 0.100. The van der Waals surface area contributed by atoms with Crippen molar-refractivity contribution in [2.24, 2.45) is 10.7 Å². The summed E-state index contributed by atoms with van der Waals surface area (Å²) in [5, 5.41) is 6.65. The minimum Gasteiger partial charge on any atom is -0.366 e. The van der Waals surface area contributed by atoms with Crippen LogP contribution in [0.1, 0.15) is 48.5 Å². The summed E-state index contributed by atoms with van der Waals surface area (Å²) in [7, 11) is 1.78. The summed E-state index contributed by atoms with van der Waals surface area (Å²) in [5.41, 5.74) is 6.86. The minimum absolute atomic E-state index is 0.403. The second-order valence-corrected chi connectivity index (χ2v) is 6.65. The Kier molecular flexibility index (Phi) is 7.73. The molecule has 0 aliphatic carbocycles. The number of nitrogens with one attached hydrogen (secondary N) is 2. The molecule has 6 nitrogen and oxygen atoms in total. The second-order valence-electron chi connectivity index (χ2n) is 6.65. The maximum absolute atomic E-state index is 11.1. The number of rotatable bonds is 7. The van der Waals surface area contributed by atoms with Gasteiger partial charge in [0.1, 0.15) is 0 Å². The lowest BCUT2D eigenvalue weighted by Gasteiger charge is -2.33. The van der Waals surface area contributed by atoms with E-state index in [0.717, 1.165) is 37.1 Å². The van der Waals surface area contributed by atoms with Crippen molar-refractivity contribution in [3.05, 3.63) is 35.4 Å². The summed E-state index contributed by atoms with van der Waals surface area (Å²) in [6, 6.07) is 8.01. The molecule has 0 radical (unpaired) electrons. The normalized spacial score (nSPS) is 18.8. The average molecular weight is 345 g/mol. The molecule has 4 N–H and O–H groups in total. The zero-order chi connectivity index (χ0) is 18.1. The van der Waals surface area contributed by atoms with E-state index < -0.39 is 5.91 Å². The largest absolute Gasteiger partial charge is 0.366 e.